The van der Waals surface area contributed by atoms with Crippen LogP contribution in [0.15, 0.2) is 102 Å². The first kappa shape index (κ1) is 28.1. The van der Waals surface area contributed by atoms with Gasteiger partial charge in [0.1, 0.15) is 11.4 Å². The molecule has 7 nitrogen and oxygen atoms in total. The molecule has 0 bridgehead atoms. The molecule has 1 fully saturated rings. The minimum atomic E-state index is -0.757. The van der Waals surface area contributed by atoms with Crippen LogP contribution in [0.3, 0.4) is 0 Å². The molecule has 1 amide bonds. The number of amides is 1. The van der Waals surface area contributed by atoms with Gasteiger partial charge in [-0.05, 0) is 79.4 Å². The fourth-order valence-corrected chi connectivity index (χ4v) is 5.55. The second-order valence-electron chi connectivity index (χ2n) is 11.4. The van der Waals surface area contributed by atoms with E-state index in [1.165, 1.54) is 5.56 Å². The number of benzene rings is 4. The first-order valence-corrected chi connectivity index (χ1v) is 14.3. The van der Waals surface area contributed by atoms with Gasteiger partial charge in [-0.3, -0.25) is 9.59 Å². The van der Waals surface area contributed by atoms with Crippen molar-refractivity contribution in [3.8, 4) is 33.6 Å². The largest absolute Gasteiger partial charge is 0.481 e. The summed E-state index contributed by atoms with van der Waals surface area (Å²) < 4.78 is 5.67. The van der Waals surface area contributed by atoms with Crippen LogP contribution in [-0.2, 0) is 16.8 Å². The maximum absolute atomic E-state index is 13.5. The predicted octanol–water partition coefficient (Wildman–Crippen LogP) is 7.41. The van der Waals surface area contributed by atoms with E-state index in [4.69, 9.17) is 4.52 Å². The lowest BCUT2D eigenvalue weighted by atomic mass is 9.93. The van der Waals surface area contributed by atoms with Gasteiger partial charge in [0.2, 0.25) is 0 Å². The summed E-state index contributed by atoms with van der Waals surface area (Å²) in [6.07, 6.45) is 1.37. The van der Waals surface area contributed by atoms with Crippen LogP contribution in [0.2, 0.25) is 0 Å². The van der Waals surface area contributed by atoms with Crippen molar-refractivity contribution >= 4 is 17.6 Å². The van der Waals surface area contributed by atoms with Gasteiger partial charge in [0.15, 0.2) is 5.76 Å². The third kappa shape index (κ3) is 5.59. The van der Waals surface area contributed by atoms with Crippen LogP contribution in [0, 0.1) is 6.92 Å². The molecule has 1 aliphatic carbocycles. The number of aliphatic carboxylic acids is 1. The first-order valence-electron chi connectivity index (χ1n) is 14.3. The molecule has 6 rings (SSSR count). The minimum Gasteiger partial charge on any atom is -0.481 e. The number of carbonyl (C=O) groups is 2. The molecule has 0 unspecified atom stereocenters. The highest BCUT2D eigenvalue weighted by Crippen LogP contribution is 2.48. The molecule has 43 heavy (non-hydrogen) atoms. The van der Waals surface area contributed by atoms with E-state index in [2.05, 4.69) is 27.5 Å². The van der Waals surface area contributed by atoms with Gasteiger partial charge in [-0.1, -0.05) is 90.1 Å². The number of carboxylic acid groups (broad SMARTS) is 1. The third-order valence-corrected chi connectivity index (χ3v) is 8.12. The van der Waals surface area contributed by atoms with Gasteiger partial charge in [-0.25, -0.2) is 0 Å². The maximum atomic E-state index is 13.5. The Hall–Kier alpha value is -5.01. The van der Waals surface area contributed by atoms with Crippen LogP contribution in [0.1, 0.15) is 40.0 Å². The topological polar surface area (TPSA) is 95.7 Å². The molecular weight excluding hydrogens is 538 g/mol. The SMILES string of the molecule is Cc1noc(-c2ccc(-c3ccc(C4(C(=O)O)CC4)cc3)cc2)c1NC(=O)c1cccc(-c2ccccc2CN(C)C)c1. The quantitative estimate of drug-likeness (QED) is 0.191. The number of carboxylic acids is 1. The Labute approximate surface area is 250 Å². The normalized spacial score (nSPS) is 13.6. The molecule has 1 aliphatic rings. The molecule has 0 aliphatic heterocycles. The van der Waals surface area contributed by atoms with Gasteiger partial charge < -0.3 is 19.8 Å². The van der Waals surface area contributed by atoms with Crippen LogP contribution >= 0.6 is 0 Å². The molecule has 1 aromatic heterocycles. The highest BCUT2D eigenvalue weighted by Gasteiger charge is 2.51. The van der Waals surface area contributed by atoms with Crippen molar-refractivity contribution in [2.75, 3.05) is 19.4 Å². The van der Waals surface area contributed by atoms with E-state index in [1.807, 2.05) is 93.0 Å². The molecule has 0 spiro atoms. The zero-order chi connectivity index (χ0) is 30.1. The van der Waals surface area contributed by atoms with Gasteiger partial charge in [0.25, 0.3) is 5.91 Å². The number of hydrogen-bond acceptors (Lipinski definition) is 5. The highest BCUT2D eigenvalue weighted by atomic mass is 16.5. The fraction of sp³-hybridized carbons (Fsp3) is 0.194. The Morgan fingerprint density at radius 3 is 2.16 bits per heavy atom. The van der Waals surface area contributed by atoms with E-state index < -0.39 is 11.4 Å². The number of carbonyl (C=O) groups excluding carboxylic acids is 1. The maximum Gasteiger partial charge on any atom is 0.314 e. The summed E-state index contributed by atoms with van der Waals surface area (Å²) in [5.74, 6) is -0.517. The van der Waals surface area contributed by atoms with Gasteiger partial charge >= 0.3 is 5.97 Å². The lowest BCUT2D eigenvalue weighted by molar-refractivity contribution is -0.140. The second-order valence-corrected chi connectivity index (χ2v) is 11.4. The Balaban J connectivity index is 1.21. The van der Waals surface area contributed by atoms with Crippen molar-refractivity contribution in [1.29, 1.82) is 0 Å². The Morgan fingerprint density at radius 2 is 1.51 bits per heavy atom. The molecule has 1 saturated carbocycles. The lowest BCUT2D eigenvalue weighted by Gasteiger charge is -2.15. The standard InChI is InChI=1S/C36H33N3O4/c1-23-32(37-34(40)28-9-6-8-27(21-28)31-10-5-4-7-29(31)22-39(2)3)33(43-38-23)26-13-11-24(12-14-26)25-15-17-30(18-16-25)36(19-20-36)35(41)42/h4-18,21H,19-20,22H2,1-3H3,(H,37,40)(H,41,42). The second kappa shape index (κ2) is 11.3. The van der Waals surface area contributed by atoms with Crippen LogP contribution < -0.4 is 5.32 Å². The zero-order valence-corrected chi connectivity index (χ0v) is 24.4. The third-order valence-electron chi connectivity index (χ3n) is 8.12. The molecule has 4 aromatic carbocycles. The number of anilines is 1. The Bertz CT molecular complexity index is 1800. The van der Waals surface area contributed by atoms with E-state index in [1.54, 1.807) is 13.0 Å². The molecule has 0 saturated heterocycles. The number of nitrogens with zero attached hydrogens (tertiary/aromatic N) is 2. The van der Waals surface area contributed by atoms with E-state index >= 15 is 0 Å². The van der Waals surface area contributed by atoms with Crippen molar-refractivity contribution in [2.24, 2.45) is 0 Å². The number of aromatic nitrogens is 1. The zero-order valence-electron chi connectivity index (χ0n) is 24.4. The van der Waals surface area contributed by atoms with Gasteiger partial charge in [-0.2, -0.15) is 0 Å². The van der Waals surface area contributed by atoms with Gasteiger partial charge in [-0.15, -0.1) is 0 Å². The van der Waals surface area contributed by atoms with E-state index in [9.17, 15) is 14.7 Å². The summed E-state index contributed by atoms with van der Waals surface area (Å²) in [5.41, 5.74) is 7.81. The molecule has 2 N–H and O–H groups in total. The summed E-state index contributed by atoms with van der Waals surface area (Å²) >= 11 is 0. The van der Waals surface area contributed by atoms with Crippen molar-refractivity contribution in [3.63, 3.8) is 0 Å². The fourth-order valence-electron chi connectivity index (χ4n) is 5.55. The average molecular weight is 572 g/mol. The van der Waals surface area contributed by atoms with E-state index in [0.717, 1.165) is 39.9 Å². The summed E-state index contributed by atoms with van der Waals surface area (Å²) in [6.45, 7) is 2.60. The molecular formula is C36H33N3O4. The Kier molecular flexibility index (Phi) is 7.42. The monoisotopic (exact) mass is 571 g/mol. The lowest BCUT2D eigenvalue weighted by Crippen LogP contribution is -2.19. The Morgan fingerprint density at radius 1 is 0.860 bits per heavy atom. The summed E-state index contributed by atoms with van der Waals surface area (Å²) in [5, 5.41) is 16.7. The van der Waals surface area contributed by atoms with Crippen LogP contribution in [0.25, 0.3) is 33.6 Å². The van der Waals surface area contributed by atoms with Crippen LogP contribution in [0.4, 0.5) is 5.69 Å². The number of aryl methyl sites for hydroxylation is 1. The smallest absolute Gasteiger partial charge is 0.314 e. The highest BCUT2D eigenvalue weighted by molar-refractivity contribution is 6.07. The molecule has 0 atom stereocenters. The molecule has 216 valence electrons. The molecule has 1 heterocycles. The summed E-state index contributed by atoms with van der Waals surface area (Å²) in [4.78, 5) is 27.2. The van der Waals surface area contributed by atoms with Crippen LogP contribution in [0.5, 0.6) is 0 Å². The van der Waals surface area contributed by atoms with Crippen molar-refractivity contribution in [3.05, 3.63) is 119 Å². The number of nitrogens with one attached hydrogen (secondary N) is 1. The predicted molar refractivity (Wildman–Crippen MR) is 168 cm³/mol. The summed E-state index contributed by atoms with van der Waals surface area (Å²) in [7, 11) is 4.08. The molecule has 7 heteroatoms. The average Bonchev–Trinajstić information content (AvgIpc) is 3.76. The van der Waals surface area contributed by atoms with Crippen molar-refractivity contribution in [2.45, 2.75) is 31.7 Å². The first-order chi connectivity index (χ1) is 20.7. The van der Waals surface area contributed by atoms with E-state index in [-0.39, 0.29) is 5.91 Å². The number of hydrogen-bond donors (Lipinski definition) is 2. The minimum absolute atomic E-state index is 0.244. The van der Waals surface area contributed by atoms with Crippen molar-refractivity contribution in [1.82, 2.24) is 10.1 Å². The van der Waals surface area contributed by atoms with Gasteiger partial charge in [0, 0.05) is 17.7 Å². The van der Waals surface area contributed by atoms with E-state index in [0.29, 0.717) is 35.5 Å². The van der Waals surface area contributed by atoms with Gasteiger partial charge in [0.05, 0.1) is 5.41 Å². The molecule has 5 aromatic rings. The summed E-state index contributed by atoms with van der Waals surface area (Å²) in [6, 6.07) is 31.4. The number of rotatable bonds is 9. The van der Waals surface area contributed by atoms with Crippen LogP contribution in [-0.4, -0.2) is 41.1 Å². The molecule has 0 radical (unpaired) electrons. The van der Waals surface area contributed by atoms with Crippen molar-refractivity contribution < 1.29 is 19.2 Å².